The van der Waals surface area contributed by atoms with Gasteiger partial charge in [0.05, 0.1) is 6.10 Å². The van der Waals surface area contributed by atoms with Crippen LogP contribution < -0.4 is 5.32 Å². The largest absolute Gasteiger partial charge is 0.391 e. The van der Waals surface area contributed by atoms with Crippen molar-refractivity contribution in [1.82, 2.24) is 5.32 Å². The summed E-state index contributed by atoms with van der Waals surface area (Å²) in [5.41, 5.74) is 0. The number of methoxy groups -OCH3 is 1. The summed E-state index contributed by atoms with van der Waals surface area (Å²) >= 11 is 0. The van der Waals surface area contributed by atoms with Crippen molar-refractivity contribution in [2.45, 2.75) is 51.0 Å². The van der Waals surface area contributed by atoms with E-state index in [2.05, 4.69) is 5.32 Å². The number of aliphatic hydroxyl groups excluding tert-OH is 1. The van der Waals surface area contributed by atoms with Crippen LogP contribution in [0.3, 0.4) is 0 Å². The van der Waals surface area contributed by atoms with Crippen LogP contribution in [0, 0.1) is 5.92 Å². The highest BCUT2D eigenvalue weighted by Gasteiger charge is 2.23. The zero-order valence-electron chi connectivity index (χ0n) is 10.8. The molecule has 0 aliphatic heterocycles. The van der Waals surface area contributed by atoms with Crippen molar-refractivity contribution in [2.24, 2.45) is 5.92 Å². The first kappa shape index (κ1) is 14.5. The van der Waals surface area contributed by atoms with E-state index in [1.165, 1.54) is 12.8 Å². The Morgan fingerprint density at radius 1 is 1.41 bits per heavy atom. The van der Waals surface area contributed by atoms with Gasteiger partial charge in [0.15, 0.2) is 0 Å². The summed E-state index contributed by atoms with van der Waals surface area (Å²) in [5, 5.41) is 12.7. The number of amides is 1. The van der Waals surface area contributed by atoms with Gasteiger partial charge in [-0.3, -0.25) is 4.79 Å². The molecule has 0 aromatic carbocycles. The fraction of sp³-hybridized carbons (Fsp3) is 0.923. The van der Waals surface area contributed by atoms with Crippen LogP contribution in [0.5, 0.6) is 0 Å². The predicted octanol–water partition coefficient (Wildman–Crippen LogP) is 1.47. The van der Waals surface area contributed by atoms with E-state index >= 15 is 0 Å². The number of hydrogen-bond donors (Lipinski definition) is 2. The number of rotatable bonds is 8. The van der Waals surface area contributed by atoms with Gasteiger partial charge in [-0.1, -0.05) is 12.8 Å². The Hall–Kier alpha value is -0.610. The molecule has 0 heterocycles. The van der Waals surface area contributed by atoms with Gasteiger partial charge in [0.25, 0.3) is 0 Å². The van der Waals surface area contributed by atoms with Gasteiger partial charge in [-0.2, -0.15) is 0 Å². The minimum absolute atomic E-state index is 0.0400. The van der Waals surface area contributed by atoms with Crippen LogP contribution in [0.4, 0.5) is 0 Å². The Kier molecular flexibility index (Phi) is 7.21. The SMILES string of the molecule is COCCCCC(=O)NCC(O)C1CCCC1. The Morgan fingerprint density at radius 2 is 2.12 bits per heavy atom. The van der Waals surface area contributed by atoms with Crippen LogP contribution >= 0.6 is 0 Å². The first-order chi connectivity index (χ1) is 8.24. The van der Waals surface area contributed by atoms with Gasteiger partial charge >= 0.3 is 0 Å². The molecule has 1 atom stereocenters. The maximum absolute atomic E-state index is 11.5. The number of unbranched alkanes of at least 4 members (excludes halogenated alkanes) is 1. The van der Waals surface area contributed by atoms with Crippen LogP contribution in [0.1, 0.15) is 44.9 Å². The summed E-state index contributed by atoms with van der Waals surface area (Å²) in [6.07, 6.45) is 6.56. The molecule has 0 radical (unpaired) electrons. The van der Waals surface area contributed by atoms with Crippen LogP contribution in [0.25, 0.3) is 0 Å². The summed E-state index contributed by atoms with van der Waals surface area (Å²) < 4.78 is 4.92. The molecule has 0 saturated heterocycles. The Morgan fingerprint density at radius 3 is 2.76 bits per heavy atom. The van der Waals surface area contributed by atoms with E-state index in [-0.39, 0.29) is 12.0 Å². The lowest BCUT2D eigenvalue weighted by molar-refractivity contribution is -0.121. The van der Waals surface area contributed by atoms with E-state index < -0.39 is 0 Å². The molecule has 1 unspecified atom stereocenters. The normalized spacial score (nSPS) is 18.2. The van der Waals surface area contributed by atoms with Gasteiger partial charge in [-0.25, -0.2) is 0 Å². The summed E-state index contributed by atoms with van der Waals surface area (Å²) in [4.78, 5) is 11.5. The van der Waals surface area contributed by atoms with E-state index in [0.717, 1.165) is 25.7 Å². The highest BCUT2D eigenvalue weighted by atomic mass is 16.5. The second-order valence-electron chi connectivity index (χ2n) is 4.87. The Bertz CT molecular complexity index is 215. The molecule has 0 bridgehead atoms. The molecule has 17 heavy (non-hydrogen) atoms. The molecule has 2 N–H and O–H groups in total. The summed E-state index contributed by atoms with van der Waals surface area (Å²) in [5.74, 6) is 0.432. The molecule has 1 rings (SSSR count). The third kappa shape index (κ3) is 6.03. The van der Waals surface area contributed by atoms with Crippen molar-refractivity contribution in [1.29, 1.82) is 0 Å². The molecule has 0 aromatic heterocycles. The highest BCUT2D eigenvalue weighted by molar-refractivity contribution is 5.75. The monoisotopic (exact) mass is 243 g/mol. The number of carbonyl (C=O) groups excluding carboxylic acids is 1. The first-order valence-corrected chi connectivity index (χ1v) is 6.67. The molecular formula is C13H25NO3. The first-order valence-electron chi connectivity index (χ1n) is 6.67. The van der Waals surface area contributed by atoms with Gasteiger partial charge in [-0.05, 0) is 31.6 Å². The third-order valence-corrected chi connectivity index (χ3v) is 3.45. The van der Waals surface area contributed by atoms with Crippen molar-refractivity contribution in [3.05, 3.63) is 0 Å². The maximum Gasteiger partial charge on any atom is 0.220 e. The second kappa shape index (κ2) is 8.48. The molecule has 4 heteroatoms. The maximum atomic E-state index is 11.5. The lowest BCUT2D eigenvalue weighted by Gasteiger charge is -2.17. The zero-order valence-corrected chi connectivity index (χ0v) is 10.8. The number of nitrogens with one attached hydrogen (secondary N) is 1. The molecule has 1 fully saturated rings. The zero-order chi connectivity index (χ0) is 12.5. The minimum atomic E-state index is -0.361. The standard InChI is InChI=1S/C13H25NO3/c1-17-9-5-4-8-13(16)14-10-12(15)11-6-2-3-7-11/h11-12,15H,2-10H2,1H3,(H,14,16). The van der Waals surface area contributed by atoms with Gasteiger partial charge in [0.1, 0.15) is 0 Å². The van der Waals surface area contributed by atoms with E-state index in [1.807, 2.05) is 0 Å². The van der Waals surface area contributed by atoms with Crippen molar-refractivity contribution in [3.8, 4) is 0 Å². The summed E-state index contributed by atoms with van der Waals surface area (Å²) in [6.45, 7) is 1.12. The molecule has 1 saturated carbocycles. The molecule has 4 nitrogen and oxygen atoms in total. The topological polar surface area (TPSA) is 58.6 Å². The lowest BCUT2D eigenvalue weighted by Crippen LogP contribution is -2.35. The van der Waals surface area contributed by atoms with Crippen LogP contribution in [-0.4, -0.2) is 37.4 Å². The summed E-state index contributed by atoms with van der Waals surface area (Å²) in [7, 11) is 1.66. The van der Waals surface area contributed by atoms with Gasteiger partial charge in [0.2, 0.25) is 5.91 Å². The highest BCUT2D eigenvalue weighted by Crippen LogP contribution is 2.27. The van der Waals surface area contributed by atoms with Crippen molar-refractivity contribution in [3.63, 3.8) is 0 Å². The average Bonchev–Trinajstić information content (AvgIpc) is 2.85. The number of carbonyl (C=O) groups is 1. The van der Waals surface area contributed by atoms with E-state index in [9.17, 15) is 9.90 Å². The average molecular weight is 243 g/mol. The Labute approximate surface area is 104 Å². The second-order valence-corrected chi connectivity index (χ2v) is 4.87. The predicted molar refractivity (Wildman–Crippen MR) is 66.7 cm³/mol. The van der Waals surface area contributed by atoms with Crippen LogP contribution in [-0.2, 0) is 9.53 Å². The van der Waals surface area contributed by atoms with Crippen molar-refractivity contribution in [2.75, 3.05) is 20.3 Å². The van der Waals surface area contributed by atoms with E-state index in [4.69, 9.17) is 4.74 Å². The fourth-order valence-corrected chi connectivity index (χ4v) is 2.35. The molecule has 0 spiro atoms. The molecular weight excluding hydrogens is 218 g/mol. The third-order valence-electron chi connectivity index (χ3n) is 3.45. The number of ether oxygens (including phenoxy) is 1. The molecule has 1 aliphatic rings. The van der Waals surface area contributed by atoms with Gasteiger partial charge < -0.3 is 15.2 Å². The molecule has 100 valence electrons. The Balaban J connectivity index is 2.02. The lowest BCUT2D eigenvalue weighted by atomic mass is 10.0. The minimum Gasteiger partial charge on any atom is -0.391 e. The van der Waals surface area contributed by atoms with E-state index in [1.54, 1.807) is 7.11 Å². The smallest absolute Gasteiger partial charge is 0.220 e. The number of aliphatic hydroxyl groups is 1. The van der Waals surface area contributed by atoms with E-state index in [0.29, 0.717) is 25.5 Å². The van der Waals surface area contributed by atoms with Crippen LogP contribution in [0.15, 0.2) is 0 Å². The molecule has 1 aliphatic carbocycles. The van der Waals surface area contributed by atoms with Gasteiger partial charge in [-0.15, -0.1) is 0 Å². The quantitative estimate of drug-likeness (QED) is 0.635. The van der Waals surface area contributed by atoms with Crippen molar-refractivity contribution < 1.29 is 14.6 Å². The fourth-order valence-electron chi connectivity index (χ4n) is 2.35. The molecule has 0 aromatic rings. The van der Waals surface area contributed by atoms with Gasteiger partial charge in [0, 0.05) is 26.7 Å². The van der Waals surface area contributed by atoms with Crippen LogP contribution in [0.2, 0.25) is 0 Å². The molecule has 1 amide bonds. The van der Waals surface area contributed by atoms with Crippen molar-refractivity contribution >= 4 is 5.91 Å². The summed E-state index contributed by atoms with van der Waals surface area (Å²) in [6, 6.07) is 0. The number of hydrogen-bond acceptors (Lipinski definition) is 3.